The summed E-state index contributed by atoms with van der Waals surface area (Å²) in [5, 5.41) is 4.38. The van der Waals surface area contributed by atoms with Crippen LogP contribution in [0.2, 0.25) is 0 Å². The summed E-state index contributed by atoms with van der Waals surface area (Å²) in [6, 6.07) is 0. The lowest BCUT2D eigenvalue weighted by Crippen LogP contribution is -2.03. The van der Waals surface area contributed by atoms with Crippen molar-refractivity contribution in [2.24, 2.45) is 0 Å². The average Bonchev–Trinajstić information content (AvgIpc) is 2.14. The van der Waals surface area contributed by atoms with Crippen LogP contribution in [-0.2, 0) is 0 Å². The fourth-order valence-electron chi connectivity index (χ4n) is 0.529. The summed E-state index contributed by atoms with van der Waals surface area (Å²) in [7, 11) is 0. The van der Waals surface area contributed by atoms with Gasteiger partial charge in [0.05, 0.1) is 5.03 Å². The molecular formula is C5H8NS. The molecule has 39 valence electrons. The van der Waals surface area contributed by atoms with Crippen molar-refractivity contribution < 1.29 is 0 Å². The highest BCUT2D eigenvalue weighted by atomic mass is 32.2. The van der Waals surface area contributed by atoms with E-state index in [1.807, 2.05) is 18.7 Å². The van der Waals surface area contributed by atoms with Gasteiger partial charge in [-0.15, -0.1) is 11.8 Å². The Morgan fingerprint density at radius 3 is 3.00 bits per heavy atom. The Morgan fingerprint density at radius 1 is 1.86 bits per heavy atom. The SMILES string of the molecule is C/[C]=C1/NCCS1. The first-order valence-electron chi connectivity index (χ1n) is 2.35. The predicted octanol–water partition coefficient (Wildman–Crippen LogP) is 0.987. The van der Waals surface area contributed by atoms with Crippen LogP contribution in [0.1, 0.15) is 6.92 Å². The molecule has 7 heavy (non-hydrogen) atoms. The van der Waals surface area contributed by atoms with E-state index >= 15 is 0 Å². The molecule has 2 heteroatoms. The van der Waals surface area contributed by atoms with Crippen LogP contribution < -0.4 is 5.32 Å². The van der Waals surface area contributed by atoms with Gasteiger partial charge in [0.2, 0.25) is 0 Å². The molecule has 0 aromatic carbocycles. The minimum absolute atomic E-state index is 1.11. The molecule has 0 spiro atoms. The van der Waals surface area contributed by atoms with Crippen molar-refractivity contribution in [3.63, 3.8) is 0 Å². The lowest BCUT2D eigenvalue weighted by atomic mass is 10.6. The normalized spacial score (nSPS) is 25.6. The number of rotatable bonds is 0. The Morgan fingerprint density at radius 2 is 2.71 bits per heavy atom. The molecule has 1 saturated heterocycles. The summed E-state index contributed by atoms with van der Waals surface area (Å²) in [6.45, 7) is 3.04. The zero-order valence-electron chi connectivity index (χ0n) is 4.32. The second-order valence-electron chi connectivity index (χ2n) is 1.35. The standard InChI is InChI=1S/C5H8NS/c1-2-5-6-3-4-7-5/h6H,3-4H2,1H3. The van der Waals surface area contributed by atoms with E-state index < -0.39 is 0 Å². The first-order valence-corrected chi connectivity index (χ1v) is 3.33. The van der Waals surface area contributed by atoms with Gasteiger partial charge in [-0.3, -0.25) is 0 Å². The minimum Gasteiger partial charge on any atom is -0.379 e. The maximum Gasteiger partial charge on any atom is 0.0715 e. The molecule has 0 atom stereocenters. The van der Waals surface area contributed by atoms with Gasteiger partial charge in [-0.25, -0.2) is 0 Å². The molecule has 0 unspecified atom stereocenters. The summed E-state index contributed by atoms with van der Waals surface area (Å²) >= 11 is 1.84. The smallest absolute Gasteiger partial charge is 0.0715 e. The van der Waals surface area contributed by atoms with Gasteiger partial charge in [-0.1, -0.05) is 0 Å². The molecule has 1 aliphatic rings. The van der Waals surface area contributed by atoms with Gasteiger partial charge in [-0.2, -0.15) is 0 Å². The first-order chi connectivity index (χ1) is 3.43. The third kappa shape index (κ3) is 1.13. The van der Waals surface area contributed by atoms with Gasteiger partial charge in [0.15, 0.2) is 0 Å². The molecule has 0 saturated carbocycles. The molecule has 0 bridgehead atoms. The summed E-state index contributed by atoms with van der Waals surface area (Å²) in [5.74, 6) is 1.20. The van der Waals surface area contributed by atoms with E-state index in [9.17, 15) is 0 Å². The van der Waals surface area contributed by atoms with Crippen molar-refractivity contribution in [1.29, 1.82) is 0 Å². The highest BCUT2D eigenvalue weighted by Crippen LogP contribution is 2.15. The maximum absolute atomic E-state index is 3.17. The monoisotopic (exact) mass is 114 g/mol. The van der Waals surface area contributed by atoms with E-state index in [1.165, 1.54) is 10.8 Å². The number of hydrogen-bond donors (Lipinski definition) is 1. The topological polar surface area (TPSA) is 12.0 Å². The van der Waals surface area contributed by atoms with E-state index in [-0.39, 0.29) is 0 Å². The molecule has 1 N–H and O–H groups in total. The Kier molecular flexibility index (Phi) is 1.63. The van der Waals surface area contributed by atoms with Gasteiger partial charge in [0.25, 0.3) is 0 Å². The Labute approximate surface area is 48.2 Å². The number of thioether (sulfide) groups is 1. The molecule has 0 aromatic heterocycles. The van der Waals surface area contributed by atoms with Crippen molar-refractivity contribution in [3.05, 3.63) is 11.1 Å². The molecule has 0 amide bonds. The van der Waals surface area contributed by atoms with Gasteiger partial charge in [0.1, 0.15) is 0 Å². The molecule has 1 rings (SSSR count). The van der Waals surface area contributed by atoms with Crippen LogP contribution in [0.5, 0.6) is 0 Å². The highest BCUT2D eigenvalue weighted by molar-refractivity contribution is 8.03. The fraction of sp³-hybridized carbons (Fsp3) is 0.600. The zero-order valence-corrected chi connectivity index (χ0v) is 5.14. The van der Waals surface area contributed by atoms with Crippen molar-refractivity contribution in [2.45, 2.75) is 6.92 Å². The summed E-state index contributed by atoms with van der Waals surface area (Å²) < 4.78 is 0. The largest absolute Gasteiger partial charge is 0.379 e. The van der Waals surface area contributed by atoms with Crippen LogP contribution in [0.3, 0.4) is 0 Å². The van der Waals surface area contributed by atoms with Gasteiger partial charge in [0, 0.05) is 12.3 Å². The quantitative estimate of drug-likeness (QED) is 0.504. The van der Waals surface area contributed by atoms with Crippen molar-refractivity contribution in [3.8, 4) is 0 Å². The third-order valence-corrected chi connectivity index (χ3v) is 1.91. The first kappa shape index (κ1) is 5.04. The average molecular weight is 114 g/mol. The predicted molar refractivity (Wildman–Crippen MR) is 32.9 cm³/mol. The van der Waals surface area contributed by atoms with E-state index in [2.05, 4.69) is 11.4 Å². The minimum atomic E-state index is 1.11. The van der Waals surface area contributed by atoms with E-state index in [1.54, 1.807) is 0 Å². The molecular weight excluding hydrogens is 106 g/mol. The van der Waals surface area contributed by atoms with Gasteiger partial charge >= 0.3 is 0 Å². The fourth-order valence-corrected chi connectivity index (χ4v) is 1.29. The number of nitrogens with one attached hydrogen (secondary N) is 1. The second kappa shape index (κ2) is 2.26. The molecule has 1 radical (unpaired) electrons. The van der Waals surface area contributed by atoms with Gasteiger partial charge < -0.3 is 5.32 Å². The number of hydrogen-bond acceptors (Lipinski definition) is 2. The molecule has 0 aliphatic carbocycles. The van der Waals surface area contributed by atoms with Crippen LogP contribution in [0.25, 0.3) is 0 Å². The van der Waals surface area contributed by atoms with Crippen LogP contribution in [0.15, 0.2) is 5.03 Å². The Bertz CT molecular complexity index is 80.1. The van der Waals surface area contributed by atoms with E-state index in [4.69, 9.17) is 0 Å². The van der Waals surface area contributed by atoms with Crippen LogP contribution in [0.4, 0.5) is 0 Å². The van der Waals surface area contributed by atoms with Crippen molar-refractivity contribution >= 4 is 11.8 Å². The van der Waals surface area contributed by atoms with E-state index in [0.29, 0.717) is 0 Å². The molecule has 1 nitrogen and oxygen atoms in total. The molecule has 1 fully saturated rings. The molecule has 1 heterocycles. The number of allylic oxidation sites excluding steroid dienone is 1. The van der Waals surface area contributed by atoms with Gasteiger partial charge in [-0.05, 0) is 13.0 Å². The lowest BCUT2D eigenvalue weighted by molar-refractivity contribution is 0.941. The lowest BCUT2D eigenvalue weighted by Gasteiger charge is -1.88. The highest BCUT2D eigenvalue weighted by Gasteiger charge is 2.02. The Balaban J connectivity index is 2.41. The Hall–Kier alpha value is -0.110. The molecule has 1 aliphatic heterocycles. The van der Waals surface area contributed by atoms with Crippen LogP contribution in [-0.4, -0.2) is 12.3 Å². The van der Waals surface area contributed by atoms with Crippen molar-refractivity contribution in [2.75, 3.05) is 12.3 Å². The summed E-state index contributed by atoms with van der Waals surface area (Å²) in [4.78, 5) is 0. The maximum atomic E-state index is 3.17. The zero-order chi connectivity index (χ0) is 5.11. The van der Waals surface area contributed by atoms with E-state index in [0.717, 1.165) is 6.54 Å². The summed E-state index contributed by atoms with van der Waals surface area (Å²) in [6.07, 6.45) is 3.03. The molecule has 0 aromatic rings. The second-order valence-corrected chi connectivity index (χ2v) is 2.46. The van der Waals surface area contributed by atoms with Crippen LogP contribution >= 0.6 is 11.8 Å². The van der Waals surface area contributed by atoms with Crippen molar-refractivity contribution in [1.82, 2.24) is 5.32 Å². The van der Waals surface area contributed by atoms with Crippen LogP contribution in [0, 0.1) is 6.08 Å². The third-order valence-electron chi connectivity index (χ3n) is 0.861. The summed E-state index contributed by atoms with van der Waals surface area (Å²) in [5.41, 5.74) is 0.